The quantitative estimate of drug-likeness (QED) is 0.750. The molecular formula is C14H10F4O2. The first-order valence-electron chi connectivity index (χ1n) is 5.65. The Balaban J connectivity index is 2.26. The Hall–Kier alpha value is -2.24. The lowest BCUT2D eigenvalue weighted by Gasteiger charge is -2.09. The van der Waals surface area contributed by atoms with E-state index in [1.807, 2.05) is 0 Å². The van der Waals surface area contributed by atoms with E-state index in [2.05, 4.69) is 9.47 Å². The second-order valence-corrected chi connectivity index (χ2v) is 3.81. The van der Waals surface area contributed by atoms with Crippen molar-refractivity contribution in [3.63, 3.8) is 0 Å². The van der Waals surface area contributed by atoms with Gasteiger partial charge in [0.15, 0.2) is 0 Å². The maximum absolute atomic E-state index is 12.1. The van der Waals surface area contributed by atoms with Crippen molar-refractivity contribution in [2.24, 2.45) is 0 Å². The summed E-state index contributed by atoms with van der Waals surface area (Å²) < 4.78 is 57.1. The van der Waals surface area contributed by atoms with E-state index >= 15 is 0 Å². The highest BCUT2D eigenvalue weighted by Gasteiger charge is 2.08. The molecule has 106 valence electrons. The van der Waals surface area contributed by atoms with Crippen LogP contribution in [0.2, 0.25) is 0 Å². The number of halogens is 4. The normalized spacial score (nSPS) is 10.9. The molecular weight excluding hydrogens is 276 g/mol. The third kappa shape index (κ3) is 3.88. The fourth-order valence-corrected chi connectivity index (χ4v) is 1.70. The molecule has 0 heterocycles. The minimum Gasteiger partial charge on any atom is -0.435 e. The summed E-state index contributed by atoms with van der Waals surface area (Å²) in [7, 11) is 0. The van der Waals surface area contributed by atoms with Gasteiger partial charge in [0.05, 0.1) is 0 Å². The number of hydrogen-bond acceptors (Lipinski definition) is 2. The SMILES string of the molecule is FC(F)Oc1cccc(-c2cccc(OC(F)F)c2)c1. The van der Waals surface area contributed by atoms with Crippen LogP contribution in [-0.2, 0) is 0 Å². The van der Waals surface area contributed by atoms with Gasteiger partial charge in [0.1, 0.15) is 11.5 Å². The van der Waals surface area contributed by atoms with E-state index in [4.69, 9.17) is 0 Å². The van der Waals surface area contributed by atoms with Crippen molar-refractivity contribution >= 4 is 0 Å². The van der Waals surface area contributed by atoms with Crippen LogP contribution in [0, 0.1) is 0 Å². The van der Waals surface area contributed by atoms with Crippen molar-refractivity contribution in [1.82, 2.24) is 0 Å². The van der Waals surface area contributed by atoms with Crippen LogP contribution >= 0.6 is 0 Å². The second-order valence-electron chi connectivity index (χ2n) is 3.81. The molecule has 0 amide bonds. The smallest absolute Gasteiger partial charge is 0.387 e. The highest BCUT2D eigenvalue weighted by molar-refractivity contribution is 5.66. The fraction of sp³-hybridized carbons (Fsp3) is 0.143. The van der Waals surface area contributed by atoms with Gasteiger partial charge < -0.3 is 9.47 Å². The van der Waals surface area contributed by atoms with Gasteiger partial charge in [0.25, 0.3) is 0 Å². The molecule has 0 saturated heterocycles. The largest absolute Gasteiger partial charge is 0.435 e. The average Bonchev–Trinajstić information content (AvgIpc) is 2.38. The molecule has 0 spiro atoms. The van der Waals surface area contributed by atoms with Gasteiger partial charge in [0, 0.05) is 0 Å². The summed E-state index contributed by atoms with van der Waals surface area (Å²) in [5, 5.41) is 0. The van der Waals surface area contributed by atoms with E-state index in [1.54, 1.807) is 12.1 Å². The summed E-state index contributed by atoms with van der Waals surface area (Å²) in [6.45, 7) is -5.84. The molecule has 2 aromatic rings. The van der Waals surface area contributed by atoms with Gasteiger partial charge in [-0.3, -0.25) is 0 Å². The molecule has 2 aromatic carbocycles. The Kier molecular flexibility index (Phi) is 4.45. The maximum atomic E-state index is 12.1. The Bertz CT molecular complexity index is 521. The van der Waals surface area contributed by atoms with Crippen LogP contribution < -0.4 is 9.47 Å². The van der Waals surface area contributed by atoms with Crippen LogP contribution in [-0.4, -0.2) is 13.2 Å². The Morgan fingerprint density at radius 2 is 1.05 bits per heavy atom. The van der Waals surface area contributed by atoms with Crippen molar-refractivity contribution in [3.05, 3.63) is 48.5 Å². The van der Waals surface area contributed by atoms with E-state index in [0.717, 1.165) is 0 Å². The van der Waals surface area contributed by atoms with Crippen LogP contribution in [0.3, 0.4) is 0 Å². The number of hydrogen-bond donors (Lipinski definition) is 0. The van der Waals surface area contributed by atoms with Gasteiger partial charge in [-0.05, 0) is 35.4 Å². The van der Waals surface area contributed by atoms with E-state index < -0.39 is 13.2 Å². The Morgan fingerprint density at radius 3 is 1.40 bits per heavy atom. The zero-order valence-corrected chi connectivity index (χ0v) is 10.1. The van der Waals surface area contributed by atoms with Crippen LogP contribution in [0.5, 0.6) is 11.5 Å². The minimum absolute atomic E-state index is 0.00215. The first-order valence-corrected chi connectivity index (χ1v) is 5.65. The van der Waals surface area contributed by atoms with Gasteiger partial charge in [-0.1, -0.05) is 24.3 Å². The van der Waals surface area contributed by atoms with Crippen molar-refractivity contribution in [2.75, 3.05) is 0 Å². The van der Waals surface area contributed by atoms with Crippen molar-refractivity contribution in [1.29, 1.82) is 0 Å². The number of rotatable bonds is 5. The van der Waals surface area contributed by atoms with E-state index in [1.165, 1.54) is 36.4 Å². The van der Waals surface area contributed by atoms with E-state index in [0.29, 0.717) is 11.1 Å². The number of ether oxygens (including phenoxy) is 2. The van der Waals surface area contributed by atoms with Crippen molar-refractivity contribution in [3.8, 4) is 22.6 Å². The van der Waals surface area contributed by atoms with Gasteiger partial charge in [-0.15, -0.1) is 0 Å². The van der Waals surface area contributed by atoms with Gasteiger partial charge >= 0.3 is 13.2 Å². The summed E-state index contributed by atoms with van der Waals surface area (Å²) >= 11 is 0. The van der Waals surface area contributed by atoms with Gasteiger partial charge in [-0.2, -0.15) is 17.6 Å². The predicted molar refractivity (Wildman–Crippen MR) is 65.1 cm³/mol. The third-order valence-corrected chi connectivity index (χ3v) is 2.45. The van der Waals surface area contributed by atoms with Crippen LogP contribution in [0.1, 0.15) is 0 Å². The average molecular weight is 286 g/mol. The third-order valence-electron chi connectivity index (χ3n) is 2.45. The van der Waals surface area contributed by atoms with Gasteiger partial charge in [-0.25, -0.2) is 0 Å². The Labute approximate surface area is 112 Å². The molecule has 0 unspecified atom stereocenters. The summed E-state index contributed by atoms with van der Waals surface area (Å²) in [6, 6.07) is 11.9. The Morgan fingerprint density at radius 1 is 0.650 bits per heavy atom. The predicted octanol–water partition coefficient (Wildman–Crippen LogP) is 4.56. The molecule has 0 bridgehead atoms. The second kappa shape index (κ2) is 6.27. The fourth-order valence-electron chi connectivity index (χ4n) is 1.70. The topological polar surface area (TPSA) is 18.5 Å². The first-order chi connectivity index (χ1) is 9.54. The number of benzene rings is 2. The molecule has 0 saturated carbocycles. The highest BCUT2D eigenvalue weighted by Crippen LogP contribution is 2.28. The lowest BCUT2D eigenvalue weighted by Crippen LogP contribution is -2.02. The van der Waals surface area contributed by atoms with Crippen LogP contribution in [0.4, 0.5) is 17.6 Å². The molecule has 0 aliphatic carbocycles. The van der Waals surface area contributed by atoms with Crippen LogP contribution in [0.25, 0.3) is 11.1 Å². The lowest BCUT2D eigenvalue weighted by molar-refractivity contribution is -0.0505. The molecule has 0 fully saturated rings. The zero-order valence-electron chi connectivity index (χ0n) is 10.1. The summed E-state index contributed by atoms with van der Waals surface area (Å²) in [5.41, 5.74) is 1.12. The summed E-state index contributed by atoms with van der Waals surface area (Å²) in [5.74, 6) is -0.00429. The molecule has 0 aliphatic heterocycles. The molecule has 6 heteroatoms. The molecule has 0 N–H and O–H groups in total. The summed E-state index contributed by atoms with van der Waals surface area (Å²) in [4.78, 5) is 0. The standard InChI is InChI=1S/C14H10F4O2/c15-13(16)19-11-5-1-3-9(7-11)10-4-2-6-12(8-10)20-14(17)18/h1-8,13-14H. The molecule has 0 aromatic heterocycles. The van der Waals surface area contributed by atoms with E-state index in [-0.39, 0.29) is 11.5 Å². The monoisotopic (exact) mass is 286 g/mol. The maximum Gasteiger partial charge on any atom is 0.387 e. The first kappa shape index (κ1) is 14.2. The van der Waals surface area contributed by atoms with Crippen LogP contribution in [0.15, 0.2) is 48.5 Å². The minimum atomic E-state index is -2.92. The van der Waals surface area contributed by atoms with Crippen molar-refractivity contribution < 1.29 is 27.0 Å². The van der Waals surface area contributed by atoms with Crippen molar-refractivity contribution in [2.45, 2.75) is 13.2 Å². The lowest BCUT2D eigenvalue weighted by atomic mass is 10.1. The molecule has 2 rings (SSSR count). The number of alkyl halides is 4. The van der Waals surface area contributed by atoms with E-state index in [9.17, 15) is 17.6 Å². The molecule has 0 atom stereocenters. The highest BCUT2D eigenvalue weighted by atomic mass is 19.3. The summed E-state index contributed by atoms with van der Waals surface area (Å²) in [6.07, 6.45) is 0. The molecule has 20 heavy (non-hydrogen) atoms. The zero-order chi connectivity index (χ0) is 14.5. The molecule has 0 aliphatic rings. The van der Waals surface area contributed by atoms with Gasteiger partial charge in [0.2, 0.25) is 0 Å². The molecule has 2 nitrogen and oxygen atoms in total. The molecule has 0 radical (unpaired) electrons.